The molecule has 1 aliphatic rings. The Morgan fingerprint density at radius 2 is 2.08 bits per heavy atom. The lowest BCUT2D eigenvalue weighted by atomic mass is 10.2. The normalized spacial score (nSPS) is 20.8. The Morgan fingerprint density at radius 3 is 2.92 bits per heavy atom. The van der Waals surface area contributed by atoms with E-state index < -0.39 is 0 Å². The largest absolute Gasteiger partial charge is 0.321 e. The van der Waals surface area contributed by atoms with Crippen molar-refractivity contribution >= 4 is 28.3 Å². The van der Waals surface area contributed by atoms with E-state index in [4.69, 9.17) is 0 Å². The SMILES string of the molecule is C=S1C=Cc2ccccc2N1C. The van der Waals surface area contributed by atoms with E-state index in [1.54, 1.807) is 0 Å². The first kappa shape index (κ1) is 7.62. The molecule has 0 saturated heterocycles. The highest BCUT2D eigenvalue weighted by atomic mass is 32.2. The zero-order chi connectivity index (χ0) is 8.55. The van der Waals surface area contributed by atoms with Crippen molar-refractivity contribution < 1.29 is 0 Å². The van der Waals surface area contributed by atoms with E-state index in [1.807, 2.05) is 0 Å². The summed E-state index contributed by atoms with van der Waals surface area (Å²) in [5.74, 6) is 4.04. The van der Waals surface area contributed by atoms with Crippen molar-refractivity contribution in [2.75, 3.05) is 11.4 Å². The standard InChI is InChI=1S/C10H11NS/c1-11-10-6-4-3-5-9(10)7-8-12(11)2/h3-8H,2H2,1H3. The molecule has 12 heavy (non-hydrogen) atoms. The average molecular weight is 177 g/mol. The van der Waals surface area contributed by atoms with Gasteiger partial charge in [-0.05, 0) is 23.1 Å². The zero-order valence-corrected chi connectivity index (χ0v) is 7.84. The molecule has 0 radical (unpaired) electrons. The molecule has 0 N–H and O–H groups in total. The van der Waals surface area contributed by atoms with Crippen LogP contribution in [0.25, 0.3) is 6.08 Å². The van der Waals surface area contributed by atoms with Crippen LogP contribution < -0.4 is 4.31 Å². The lowest BCUT2D eigenvalue weighted by Crippen LogP contribution is -2.11. The van der Waals surface area contributed by atoms with Crippen molar-refractivity contribution in [2.45, 2.75) is 0 Å². The zero-order valence-electron chi connectivity index (χ0n) is 7.03. The van der Waals surface area contributed by atoms with Gasteiger partial charge >= 0.3 is 0 Å². The highest BCUT2D eigenvalue weighted by Gasteiger charge is 2.09. The fourth-order valence-corrected chi connectivity index (χ4v) is 2.19. The number of fused-ring (bicyclic) bond motifs is 1. The highest BCUT2D eigenvalue weighted by molar-refractivity contribution is 8.18. The van der Waals surface area contributed by atoms with Crippen molar-refractivity contribution in [2.24, 2.45) is 0 Å². The minimum Gasteiger partial charge on any atom is -0.321 e. The molecule has 0 fully saturated rings. The third-order valence-electron chi connectivity index (χ3n) is 2.03. The minimum absolute atomic E-state index is 0.00645. The number of anilines is 1. The molecule has 0 saturated carbocycles. The molecular weight excluding hydrogens is 166 g/mol. The minimum atomic E-state index is 0.00645. The summed E-state index contributed by atoms with van der Waals surface area (Å²) < 4.78 is 2.20. The van der Waals surface area contributed by atoms with Gasteiger partial charge in [-0.3, -0.25) is 0 Å². The first-order valence-electron chi connectivity index (χ1n) is 3.83. The molecule has 2 rings (SSSR count). The molecule has 1 atom stereocenters. The Balaban J connectivity index is 2.59. The molecule has 1 nitrogen and oxygen atoms in total. The van der Waals surface area contributed by atoms with Gasteiger partial charge < -0.3 is 4.31 Å². The van der Waals surface area contributed by atoms with Gasteiger partial charge in [0.2, 0.25) is 0 Å². The Labute approximate surface area is 75.4 Å². The van der Waals surface area contributed by atoms with E-state index in [0.29, 0.717) is 0 Å². The second-order valence-electron chi connectivity index (χ2n) is 2.76. The fraction of sp³-hybridized carbons (Fsp3) is 0.100. The lowest BCUT2D eigenvalue weighted by Gasteiger charge is -2.25. The predicted molar refractivity (Wildman–Crippen MR) is 58.6 cm³/mol. The Kier molecular flexibility index (Phi) is 1.77. The summed E-state index contributed by atoms with van der Waals surface area (Å²) in [4.78, 5) is 0. The molecule has 1 aliphatic heterocycles. The van der Waals surface area contributed by atoms with Crippen molar-refractivity contribution in [1.29, 1.82) is 0 Å². The van der Waals surface area contributed by atoms with Gasteiger partial charge in [0.15, 0.2) is 0 Å². The maximum atomic E-state index is 4.04. The molecule has 1 aromatic rings. The average Bonchev–Trinajstić information content (AvgIpc) is 2.12. The Morgan fingerprint density at radius 1 is 1.33 bits per heavy atom. The summed E-state index contributed by atoms with van der Waals surface area (Å²) in [6.07, 6.45) is 2.14. The second kappa shape index (κ2) is 2.79. The van der Waals surface area contributed by atoms with E-state index >= 15 is 0 Å². The third kappa shape index (κ3) is 1.08. The second-order valence-corrected chi connectivity index (χ2v) is 4.38. The van der Waals surface area contributed by atoms with E-state index in [0.717, 1.165) is 0 Å². The molecule has 2 heteroatoms. The van der Waals surface area contributed by atoms with Crippen LogP contribution in [0.2, 0.25) is 0 Å². The van der Waals surface area contributed by atoms with Gasteiger partial charge in [0.05, 0.1) is 5.69 Å². The van der Waals surface area contributed by atoms with Crippen molar-refractivity contribution in [3.8, 4) is 0 Å². The topological polar surface area (TPSA) is 3.24 Å². The summed E-state index contributed by atoms with van der Waals surface area (Å²) in [5.41, 5.74) is 2.56. The summed E-state index contributed by atoms with van der Waals surface area (Å²) in [6.45, 7) is 0. The molecule has 1 heterocycles. The van der Waals surface area contributed by atoms with Gasteiger partial charge in [0.1, 0.15) is 0 Å². The fourth-order valence-electron chi connectivity index (χ4n) is 1.28. The van der Waals surface area contributed by atoms with Gasteiger partial charge in [0, 0.05) is 7.05 Å². The van der Waals surface area contributed by atoms with Gasteiger partial charge in [0.25, 0.3) is 0 Å². The molecular formula is C10H11NS. The Bertz CT molecular complexity index is 355. The molecule has 62 valence electrons. The molecule has 0 bridgehead atoms. The smallest absolute Gasteiger partial charge is 0.0537 e. The van der Waals surface area contributed by atoms with Crippen LogP contribution >= 0.6 is 10.7 Å². The van der Waals surface area contributed by atoms with Crippen LogP contribution in [0.3, 0.4) is 0 Å². The number of hydrogen-bond donors (Lipinski definition) is 0. The maximum Gasteiger partial charge on any atom is 0.0537 e. The van der Waals surface area contributed by atoms with E-state index in [9.17, 15) is 0 Å². The van der Waals surface area contributed by atoms with Crippen LogP contribution in [0.5, 0.6) is 0 Å². The summed E-state index contributed by atoms with van der Waals surface area (Å²) in [6, 6.07) is 8.37. The molecule has 1 unspecified atom stereocenters. The van der Waals surface area contributed by atoms with Crippen molar-refractivity contribution in [3.63, 3.8) is 0 Å². The molecule has 0 aromatic heterocycles. The first-order valence-corrected chi connectivity index (χ1v) is 5.24. The predicted octanol–water partition coefficient (Wildman–Crippen LogP) is 2.72. The summed E-state index contributed by atoms with van der Waals surface area (Å²) in [5, 5.41) is 2.14. The number of nitrogens with zero attached hydrogens (tertiary/aromatic N) is 1. The van der Waals surface area contributed by atoms with Crippen LogP contribution in [0, 0.1) is 0 Å². The molecule has 1 aromatic carbocycles. The van der Waals surface area contributed by atoms with Crippen LogP contribution in [0.4, 0.5) is 5.69 Å². The lowest BCUT2D eigenvalue weighted by molar-refractivity contribution is 1.35. The molecule has 0 amide bonds. The number of rotatable bonds is 0. The third-order valence-corrected chi connectivity index (χ3v) is 3.38. The monoisotopic (exact) mass is 177 g/mol. The van der Waals surface area contributed by atoms with Crippen molar-refractivity contribution in [3.05, 3.63) is 35.2 Å². The summed E-state index contributed by atoms with van der Waals surface area (Å²) >= 11 is 0. The summed E-state index contributed by atoms with van der Waals surface area (Å²) in [7, 11) is 2.09. The number of benzene rings is 1. The van der Waals surface area contributed by atoms with Gasteiger partial charge in [-0.25, -0.2) is 0 Å². The van der Waals surface area contributed by atoms with Crippen LogP contribution in [0.1, 0.15) is 5.56 Å². The van der Waals surface area contributed by atoms with E-state index in [2.05, 4.69) is 53.0 Å². The number of para-hydroxylation sites is 1. The molecule has 0 spiro atoms. The van der Waals surface area contributed by atoms with E-state index in [-0.39, 0.29) is 10.7 Å². The molecule has 0 aliphatic carbocycles. The highest BCUT2D eigenvalue weighted by Crippen LogP contribution is 2.34. The quantitative estimate of drug-likeness (QED) is 0.551. The van der Waals surface area contributed by atoms with Gasteiger partial charge in [-0.1, -0.05) is 34.7 Å². The van der Waals surface area contributed by atoms with E-state index in [1.165, 1.54) is 11.3 Å². The van der Waals surface area contributed by atoms with Gasteiger partial charge in [-0.15, -0.1) is 0 Å². The van der Waals surface area contributed by atoms with Gasteiger partial charge in [-0.2, -0.15) is 0 Å². The van der Waals surface area contributed by atoms with Crippen molar-refractivity contribution in [1.82, 2.24) is 0 Å². The van der Waals surface area contributed by atoms with Crippen LogP contribution in [0.15, 0.2) is 29.7 Å². The first-order chi connectivity index (χ1) is 5.79. The number of hydrogen-bond acceptors (Lipinski definition) is 1. The maximum absolute atomic E-state index is 4.04. The van der Waals surface area contributed by atoms with Crippen LogP contribution in [-0.4, -0.2) is 12.9 Å². The Hall–Kier alpha value is -1.02. The van der Waals surface area contributed by atoms with Crippen LogP contribution in [-0.2, 0) is 0 Å².